The van der Waals surface area contributed by atoms with Gasteiger partial charge >= 0.3 is 16.5 Å². The SMILES string of the molecule is CCO[Si](CCP(=O)=O)(OCC)OC(C)(CC)CC. The third kappa shape index (κ3) is 6.81. The first-order valence-corrected chi connectivity index (χ1v) is 10.3. The molecule has 0 aliphatic rings. The fourth-order valence-corrected chi connectivity index (χ4v) is 6.07. The van der Waals surface area contributed by atoms with Crippen molar-refractivity contribution >= 4 is 16.5 Å². The van der Waals surface area contributed by atoms with Crippen molar-refractivity contribution in [2.24, 2.45) is 0 Å². The van der Waals surface area contributed by atoms with Crippen LogP contribution in [-0.4, -0.2) is 33.8 Å². The van der Waals surface area contributed by atoms with Crippen LogP contribution in [0, 0.1) is 0 Å². The number of hydrogen-bond acceptors (Lipinski definition) is 5. The third-order valence-corrected chi connectivity index (χ3v) is 7.36. The lowest BCUT2D eigenvalue weighted by atomic mass is 10.0. The van der Waals surface area contributed by atoms with Crippen LogP contribution in [0.5, 0.6) is 0 Å². The molecule has 19 heavy (non-hydrogen) atoms. The van der Waals surface area contributed by atoms with Crippen LogP contribution in [0.15, 0.2) is 0 Å². The van der Waals surface area contributed by atoms with E-state index in [1.54, 1.807) is 0 Å². The van der Waals surface area contributed by atoms with Crippen LogP contribution >= 0.6 is 7.68 Å². The molecule has 0 aliphatic heterocycles. The van der Waals surface area contributed by atoms with Gasteiger partial charge in [0.25, 0.3) is 0 Å². The first kappa shape index (κ1) is 19.0. The van der Waals surface area contributed by atoms with E-state index in [9.17, 15) is 9.13 Å². The average Bonchev–Trinajstić information content (AvgIpc) is 2.37. The maximum atomic E-state index is 10.9. The molecule has 0 N–H and O–H groups in total. The zero-order valence-corrected chi connectivity index (χ0v) is 14.6. The lowest BCUT2D eigenvalue weighted by Crippen LogP contribution is -2.52. The molecule has 0 unspecified atom stereocenters. The van der Waals surface area contributed by atoms with Gasteiger partial charge in [0.2, 0.25) is 0 Å². The maximum absolute atomic E-state index is 10.9. The zero-order chi connectivity index (χ0) is 14.9. The van der Waals surface area contributed by atoms with Gasteiger partial charge in [-0.25, -0.2) is 9.13 Å². The Hall–Kier alpha value is -0.00312. The molecule has 0 bridgehead atoms. The highest BCUT2D eigenvalue weighted by Gasteiger charge is 2.45. The molecule has 0 spiro atoms. The summed E-state index contributed by atoms with van der Waals surface area (Å²) in [6.07, 6.45) is 1.72. The second kappa shape index (κ2) is 9.03. The summed E-state index contributed by atoms with van der Waals surface area (Å²) in [5.41, 5.74) is -0.328. The minimum Gasteiger partial charge on any atom is -0.374 e. The second-order valence-electron chi connectivity index (χ2n) is 4.61. The molecule has 5 nitrogen and oxygen atoms in total. The summed E-state index contributed by atoms with van der Waals surface area (Å²) in [7, 11) is -5.36. The van der Waals surface area contributed by atoms with Gasteiger partial charge < -0.3 is 13.3 Å². The molecular weight excluding hydrogens is 283 g/mol. The van der Waals surface area contributed by atoms with Crippen molar-refractivity contribution in [3.63, 3.8) is 0 Å². The Balaban J connectivity index is 5.07. The van der Waals surface area contributed by atoms with Crippen molar-refractivity contribution in [3.05, 3.63) is 0 Å². The highest BCUT2D eigenvalue weighted by atomic mass is 31.1. The monoisotopic (exact) mass is 310 g/mol. The van der Waals surface area contributed by atoms with E-state index in [1.807, 2.05) is 20.8 Å². The van der Waals surface area contributed by atoms with Crippen molar-refractivity contribution in [2.75, 3.05) is 19.4 Å². The summed E-state index contributed by atoms with van der Waals surface area (Å²) in [6, 6.07) is 0.322. The highest BCUT2D eigenvalue weighted by Crippen LogP contribution is 2.30. The normalized spacial score (nSPS) is 12.7. The van der Waals surface area contributed by atoms with Crippen LogP contribution in [0.1, 0.15) is 47.5 Å². The van der Waals surface area contributed by atoms with Crippen LogP contribution in [0.4, 0.5) is 0 Å². The fourth-order valence-electron chi connectivity index (χ4n) is 1.73. The molecule has 0 aliphatic carbocycles. The predicted octanol–water partition coefficient (Wildman–Crippen LogP) is 3.77. The molecule has 0 aromatic rings. The smallest absolute Gasteiger partial charge is 0.374 e. The number of rotatable bonds is 11. The summed E-state index contributed by atoms with van der Waals surface area (Å²) in [5, 5.41) is 0. The van der Waals surface area contributed by atoms with E-state index >= 15 is 0 Å². The Kier molecular flexibility index (Phi) is 9.03. The van der Waals surface area contributed by atoms with Crippen LogP contribution in [0.2, 0.25) is 6.04 Å². The summed E-state index contributed by atoms with van der Waals surface area (Å²) in [6.45, 7) is 10.8. The Morgan fingerprint density at radius 2 is 1.47 bits per heavy atom. The van der Waals surface area contributed by atoms with E-state index in [2.05, 4.69) is 13.8 Å². The quantitative estimate of drug-likeness (QED) is 0.429. The molecule has 0 amide bonds. The molecule has 0 aromatic carbocycles. The highest BCUT2D eigenvalue weighted by molar-refractivity contribution is 7.31. The summed E-state index contributed by atoms with van der Waals surface area (Å²) >= 11 is 0. The van der Waals surface area contributed by atoms with Gasteiger partial charge in [-0.3, -0.25) is 0 Å². The van der Waals surface area contributed by atoms with Gasteiger partial charge in [-0.1, -0.05) is 13.8 Å². The van der Waals surface area contributed by atoms with Crippen molar-refractivity contribution < 1.29 is 22.4 Å². The van der Waals surface area contributed by atoms with Crippen molar-refractivity contribution in [2.45, 2.75) is 59.1 Å². The largest absolute Gasteiger partial charge is 0.502 e. The molecule has 7 heteroatoms. The molecule has 0 fully saturated rings. The van der Waals surface area contributed by atoms with Crippen LogP contribution in [-0.2, 0) is 22.4 Å². The standard InChI is InChI=1S/C12H27O5PSi/c1-6-12(5,7-2)17-19(15-8-3,16-9-4)11-10-18(13)14/h6-11H2,1-5H3. The molecule has 114 valence electrons. The lowest BCUT2D eigenvalue weighted by Gasteiger charge is -2.38. The maximum Gasteiger partial charge on any atom is 0.502 e. The van der Waals surface area contributed by atoms with E-state index in [0.29, 0.717) is 19.3 Å². The van der Waals surface area contributed by atoms with Crippen molar-refractivity contribution in [3.8, 4) is 0 Å². The van der Waals surface area contributed by atoms with E-state index in [0.717, 1.165) is 12.8 Å². The van der Waals surface area contributed by atoms with Crippen LogP contribution < -0.4 is 0 Å². The predicted molar refractivity (Wildman–Crippen MR) is 77.0 cm³/mol. The molecule has 0 radical (unpaired) electrons. The van der Waals surface area contributed by atoms with Gasteiger partial charge in [0, 0.05) is 19.3 Å². The Bertz CT molecular complexity index is 301. The Morgan fingerprint density at radius 3 is 1.79 bits per heavy atom. The van der Waals surface area contributed by atoms with Gasteiger partial charge in [0.15, 0.2) is 0 Å². The zero-order valence-electron chi connectivity index (χ0n) is 12.7. The van der Waals surface area contributed by atoms with Gasteiger partial charge in [-0.05, 0) is 33.6 Å². The molecule has 0 saturated heterocycles. The first-order valence-electron chi connectivity index (χ1n) is 6.96. The van der Waals surface area contributed by atoms with Gasteiger partial charge in [0.05, 0.1) is 11.8 Å². The molecule has 0 aromatic heterocycles. The second-order valence-corrected chi connectivity index (χ2v) is 8.37. The topological polar surface area (TPSA) is 61.8 Å². The number of hydrogen-bond donors (Lipinski definition) is 0. The molecule has 0 rings (SSSR count). The van der Waals surface area contributed by atoms with Gasteiger partial charge in [-0.15, -0.1) is 0 Å². The average molecular weight is 310 g/mol. The van der Waals surface area contributed by atoms with E-state index in [1.165, 1.54) is 0 Å². The van der Waals surface area contributed by atoms with Gasteiger partial charge in [0.1, 0.15) is 0 Å². The summed E-state index contributed by atoms with van der Waals surface area (Å²) < 4.78 is 39.4. The van der Waals surface area contributed by atoms with Crippen molar-refractivity contribution in [1.29, 1.82) is 0 Å². The van der Waals surface area contributed by atoms with Gasteiger partial charge in [-0.2, -0.15) is 0 Å². The third-order valence-electron chi connectivity index (χ3n) is 3.23. The lowest BCUT2D eigenvalue weighted by molar-refractivity contribution is -0.0235. The van der Waals surface area contributed by atoms with E-state index < -0.39 is 16.5 Å². The minimum absolute atomic E-state index is 0.0467. The molecule has 0 atom stereocenters. The molecular formula is C12H27O5PSi. The molecule has 0 saturated carbocycles. The molecule has 0 heterocycles. The van der Waals surface area contributed by atoms with Crippen LogP contribution in [0.25, 0.3) is 0 Å². The van der Waals surface area contributed by atoms with Crippen molar-refractivity contribution in [1.82, 2.24) is 0 Å². The summed E-state index contributed by atoms with van der Waals surface area (Å²) in [4.78, 5) is 0. The van der Waals surface area contributed by atoms with Crippen LogP contribution in [0.3, 0.4) is 0 Å². The summed E-state index contributed by atoms with van der Waals surface area (Å²) in [5.74, 6) is 0. The first-order chi connectivity index (χ1) is 8.87. The van der Waals surface area contributed by atoms with E-state index in [-0.39, 0.29) is 11.8 Å². The Morgan fingerprint density at radius 1 is 1.00 bits per heavy atom. The minimum atomic E-state index is -2.92. The van der Waals surface area contributed by atoms with E-state index in [4.69, 9.17) is 13.3 Å². The fraction of sp³-hybridized carbons (Fsp3) is 1.00. The Labute approximate surface area is 118 Å².